The van der Waals surface area contributed by atoms with E-state index in [2.05, 4.69) is 52.4 Å². The van der Waals surface area contributed by atoms with Gasteiger partial charge in [0.2, 0.25) is 0 Å². The number of benzene rings is 1. The Balaban J connectivity index is 2.84. The Morgan fingerprint density at radius 3 is 2.71 bits per heavy atom. The predicted molar refractivity (Wildman–Crippen MR) is 83.7 cm³/mol. The highest BCUT2D eigenvalue weighted by Gasteiger charge is 2.18. The van der Waals surface area contributed by atoms with Crippen molar-refractivity contribution < 1.29 is 4.79 Å². The van der Waals surface area contributed by atoms with E-state index in [1.54, 1.807) is 0 Å². The van der Waals surface area contributed by atoms with E-state index in [-0.39, 0.29) is 11.9 Å². The zero-order chi connectivity index (χ0) is 12.8. The van der Waals surface area contributed by atoms with Crippen molar-refractivity contribution in [1.82, 2.24) is 4.90 Å². The fourth-order valence-electron chi connectivity index (χ4n) is 1.61. The van der Waals surface area contributed by atoms with Gasteiger partial charge in [0.25, 0.3) is 5.91 Å². The second kappa shape index (κ2) is 7.36. The highest BCUT2D eigenvalue weighted by atomic mass is 127. The molecule has 94 valence electrons. The first-order valence-corrected chi connectivity index (χ1v) is 7.88. The van der Waals surface area contributed by atoms with Gasteiger partial charge in [0, 0.05) is 27.1 Å². The number of rotatable bonds is 5. The van der Waals surface area contributed by atoms with Crippen molar-refractivity contribution in [2.45, 2.75) is 26.3 Å². The molecule has 0 aromatic heterocycles. The minimum absolute atomic E-state index is 0.125. The van der Waals surface area contributed by atoms with Gasteiger partial charge in [-0.2, -0.15) is 0 Å². The Bertz CT molecular complexity index is 381. The Kier molecular flexibility index (Phi) is 6.48. The van der Waals surface area contributed by atoms with E-state index in [4.69, 9.17) is 0 Å². The minimum atomic E-state index is 0.125. The number of hydrogen-bond donors (Lipinski definition) is 0. The lowest BCUT2D eigenvalue weighted by atomic mass is 10.1. The molecule has 0 aliphatic heterocycles. The van der Waals surface area contributed by atoms with Gasteiger partial charge in [0.1, 0.15) is 0 Å². The molecule has 0 radical (unpaired) electrons. The third-order valence-corrected chi connectivity index (χ3v) is 3.72. The molecule has 0 saturated heterocycles. The van der Waals surface area contributed by atoms with Crippen molar-refractivity contribution in [3.8, 4) is 0 Å². The van der Waals surface area contributed by atoms with Crippen LogP contribution in [0.25, 0.3) is 0 Å². The van der Waals surface area contributed by atoms with Gasteiger partial charge in [-0.15, -0.1) is 0 Å². The van der Waals surface area contributed by atoms with Crippen molar-refractivity contribution >= 4 is 44.4 Å². The van der Waals surface area contributed by atoms with Gasteiger partial charge in [-0.3, -0.25) is 4.79 Å². The van der Waals surface area contributed by atoms with Gasteiger partial charge in [0.05, 0.1) is 0 Å². The monoisotopic (exact) mass is 409 g/mol. The Morgan fingerprint density at radius 2 is 2.18 bits per heavy atom. The van der Waals surface area contributed by atoms with Crippen LogP contribution in [0.4, 0.5) is 0 Å². The number of halogens is 2. The normalized spacial score (nSPS) is 10.6. The van der Waals surface area contributed by atoms with E-state index in [1.807, 2.05) is 29.2 Å². The first kappa shape index (κ1) is 15.0. The molecule has 1 rings (SSSR count). The summed E-state index contributed by atoms with van der Waals surface area (Å²) >= 11 is 5.63. The molecule has 0 N–H and O–H groups in total. The lowest BCUT2D eigenvalue weighted by Crippen LogP contribution is -2.37. The Labute approximate surface area is 125 Å². The number of carbonyl (C=O) groups is 1. The summed E-state index contributed by atoms with van der Waals surface area (Å²) in [4.78, 5) is 14.3. The first-order valence-electron chi connectivity index (χ1n) is 5.68. The maximum Gasteiger partial charge on any atom is 0.254 e. The van der Waals surface area contributed by atoms with Gasteiger partial charge in [-0.05, 0) is 61.1 Å². The topological polar surface area (TPSA) is 20.3 Å². The van der Waals surface area contributed by atoms with E-state index < -0.39 is 0 Å². The molecule has 2 nitrogen and oxygen atoms in total. The SMILES string of the molecule is CC(C)N(CCCBr)C(=O)c1cccc(I)c1. The van der Waals surface area contributed by atoms with Gasteiger partial charge in [0.15, 0.2) is 0 Å². The molecule has 0 aliphatic rings. The van der Waals surface area contributed by atoms with Crippen molar-refractivity contribution in [1.29, 1.82) is 0 Å². The van der Waals surface area contributed by atoms with Crippen LogP contribution in [0.1, 0.15) is 30.6 Å². The maximum atomic E-state index is 12.4. The predicted octanol–water partition coefficient (Wildman–Crippen LogP) is 3.93. The third-order valence-electron chi connectivity index (χ3n) is 2.49. The van der Waals surface area contributed by atoms with E-state index >= 15 is 0 Å². The summed E-state index contributed by atoms with van der Waals surface area (Å²) < 4.78 is 1.10. The van der Waals surface area contributed by atoms with Crippen LogP contribution in [0, 0.1) is 3.57 Å². The van der Waals surface area contributed by atoms with Crippen LogP contribution in [0.5, 0.6) is 0 Å². The lowest BCUT2D eigenvalue weighted by molar-refractivity contribution is 0.0706. The number of hydrogen-bond acceptors (Lipinski definition) is 1. The number of amides is 1. The molecule has 0 atom stereocenters. The molecule has 1 aromatic carbocycles. The summed E-state index contributed by atoms with van der Waals surface area (Å²) in [6, 6.07) is 7.98. The molecule has 1 amide bonds. The van der Waals surface area contributed by atoms with Crippen LogP contribution in [0.15, 0.2) is 24.3 Å². The fourth-order valence-corrected chi connectivity index (χ4v) is 2.41. The van der Waals surface area contributed by atoms with Crippen molar-refractivity contribution in [2.24, 2.45) is 0 Å². The minimum Gasteiger partial charge on any atom is -0.336 e. The quantitative estimate of drug-likeness (QED) is 0.533. The lowest BCUT2D eigenvalue weighted by Gasteiger charge is -2.26. The molecule has 0 aliphatic carbocycles. The summed E-state index contributed by atoms with van der Waals surface area (Å²) in [5.41, 5.74) is 0.778. The smallest absolute Gasteiger partial charge is 0.254 e. The van der Waals surface area contributed by atoms with Crippen molar-refractivity contribution in [3.05, 3.63) is 33.4 Å². The summed E-state index contributed by atoms with van der Waals surface area (Å²) in [5, 5.41) is 0.926. The van der Waals surface area contributed by atoms with E-state index in [1.165, 1.54) is 0 Å². The largest absolute Gasteiger partial charge is 0.336 e. The maximum absolute atomic E-state index is 12.4. The molecule has 0 heterocycles. The van der Waals surface area contributed by atoms with Crippen LogP contribution in [-0.2, 0) is 0 Å². The van der Waals surface area contributed by atoms with Gasteiger partial charge >= 0.3 is 0 Å². The molecule has 0 bridgehead atoms. The molecular weight excluding hydrogens is 393 g/mol. The molecular formula is C13H17BrINO. The molecule has 0 spiro atoms. The molecule has 0 fully saturated rings. The molecule has 17 heavy (non-hydrogen) atoms. The van der Waals surface area contributed by atoms with Gasteiger partial charge in [-0.1, -0.05) is 22.0 Å². The van der Waals surface area contributed by atoms with Crippen LogP contribution in [0.2, 0.25) is 0 Å². The average molecular weight is 410 g/mol. The summed E-state index contributed by atoms with van der Waals surface area (Å²) in [5.74, 6) is 0.125. The van der Waals surface area contributed by atoms with E-state index in [0.717, 1.165) is 27.4 Å². The highest BCUT2D eigenvalue weighted by Crippen LogP contribution is 2.13. The molecule has 0 unspecified atom stereocenters. The standard InChI is InChI=1S/C13H17BrINO/c1-10(2)16(8-4-7-14)13(17)11-5-3-6-12(15)9-11/h3,5-6,9-10H,4,7-8H2,1-2H3. The molecule has 0 saturated carbocycles. The highest BCUT2D eigenvalue weighted by molar-refractivity contribution is 14.1. The van der Waals surface area contributed by atoms with E-state index in [9.17, 15) is 4.79 Å². The fraction of sp³-hybridized carbons (Fsp3) is 0.462. The first-order chi connectivity index (χ1) is 8.06. The number of carbonyl (C=O) groups excluding carboxylic acids is 1. The van der Waals surface area contributed by atoms with Crippen molar-refractivity contribution in [2.75, 3.05) is 11.9 Å². The van der Waals surface area contributed by atoms with Crippen molar-refractivity contribution in [3.63, 3.8) is 0 Å². The Morgan fingerprint density at radius 1 is 1.47 bits per heavy atom. The summed E-state index contributed by atoms with van der Waals surface area (Å²) in [7, 11) is 0. The van der Waals surface area contributed by atoms with Gasteiger partial charge in [-0.25, -0.2) is 0 Å². The summed E-state index contributed by atoms with van der Waals surface area (Å²) in [6.45, 7) is 4.91. The molecule has 1 aromatic rings. The van der Waals surface area contributed by atoms with Crippen LogP contribution >= 0.6 is 38.5 Å². The number of nitrogens with zero attached hydrogens (tertiary/aromatic N) is 1. The van der Waals surface area contributed by atoms with Crippen LogP contribution in [-0.4, -0.2) is 28.7 Å². The summed E-state index contributed by atoms with van der Waals surface area (Å²) in [6.07, 6.45) is 0.980. The second-order valence-corrected chi connectivity index (χ2v) is 6.18. The Hall–Kier alpha value is -0.100. The zero-order valence-electron chi connectivity index (χ0n) is 10.1. The second-order valence-electron chi connectivity index (χ2n) is 4.15. The number of alkyl halides is 1. The van der Waals surface area contributed by atoms with E-state index in [0.29, 0.717) is 0 Å². The zero-order valence-corrected chi connectivity index (χ0v) is 13.9. The van der Waals surface area contributed by atoms with Crippen LogP contribution in [0.3, 0.4) is 0 Å². The average Bonchev–Trinajstić information content (AvgIpc) is 2.29. The third kappa shape index (κ3) is 4.58. The van der Waals surface area contributed by atoms with Gasteiger partial charge < -0.3 is 4.90 Å². The molecule has 4 heteroatoms. The van der Waals surface area contributed by atoms with Crippen LogP contribution < -0.4 is 0 Å².